The third-order valence-electron chi connectivity index (χ3n) is 5.56. The first-order chi connectivity index (χ1) is 9.78. The van der Waals surface area contributed by atoms with Gasteiger partial charge in [-0.3, -0.25) is 0 Å². The summed E-state index contributed by atoms with van der Waals surface area (Å²) in [6.45, 7) is 3.85. The van der Waals surface area contributed by atoms with E-state index in [0.29, 0.717) is 18.0 Å². The highest BCUT2D eigenvalue weighted by Gasteiger charge is 2.38. The Morgan fingerprint density at radius 3 is 2.60 bits per heavy atom. The summed E-state index contributed by atoms with van der Waals surface area (Å²) >= 11 is 0. The van der Waals surface area contributed by atoms with Crippen molar-refractivity contribution in [2.24, 2.45) is 5.92 Å². The zero-order valence-corrected chi connectivity index (χ0v) is 11.9. The molecule has 108 valence electrons. The minimum Gasteiger partial charge on any atom is -0.310 e. The standard InChI is InChI=1S/C17H23FN2/c18-15-3-1-2-13(8-15)14-9-16(10-14)19-17-11-20-6-4-12(17)5-7-20/h1-3,8,12,14,16-17,19H,4-7,9-11H2. The van der Waals surface area contributed by atoms with E-state index >= 15 is 0 Å². The minimum atomic E-state index is -0.101. The molecule has 0 spiro atoms. The fourth-order valence-corrected chi connectivity index (χ4v) is 4.24. The molecule has 1 atom stereocenters. The maximum absolute atomic E-state index is 13.2. The summed E-state index contributed by atoms with van der Waals surface area (Å²) in [7, 11) is 0. The van der Waals surface area contributed by atoms with Crippen molar-refractivity contribution in [2.75, 3.05) is 19.6 Å². The van der Waals surface area contributed by atoms with Crippen LogP contribution in [-0.2, 0) is 0 Å². The van der Waals surface area contributed by atoms with E-state index in [4.69, 9.17) is 0 Å². The number of fused-ring (bicyclic) bond motifs is 3. The lowest BCUT2D eigenvalue weighted by Gasteiger charge is -2.48. The second-order valence-electron chi connectivity index (χ2n) is 6.83. The molecular weight excluding hydrogens is 251 g/mol. The number of nitrogens with one attached hydrogen (secondary N) is 1. The fourth-order valence-electron chi connectivity index (χ4n) is 4.24. The van der Waals surface area contributed by atoms with Gasteiger partial charge in [-0.25, -0.2) is 4.39 Å². The van der Waals surface area contributed by atoms with Crippen molar-refractivity contribution in [3.05, 3.63) is 35.6 Å². The van der Waals surface area contributed by atoms with Crippen LogP contribution in [0.1, 0.15) is 37.2 Å². The van der Waals surface area contributed by atoms with Crippen LogP contribution in [0.3, 0.4) is 0 Å². The molecule has 5 rings (SSSR count). The van der Waals surface area contributed by atoms with Crippen LogP contribution in [0.4, 0.5) is 4.39 Å². The number of hydrogen-bond acceptors (Lipinski definition) is 2. The molecule has 3 saturated heterocycles. The second-order valence-corrected chi connectivity index (χ2v) is 6.83. The molecular formula is C17H23FN2. The molecule has 1 aliphatic carbocycles. The van der Waals surface area contributed by atoms with Gasteiger partial charge in [0.05, 0.1) is 0 Å². The monoisotopic (exact) mass is 274 g/mol. The van der Waals surface area contributed by atoms with Gasteiger partial charge in [-0.1, -0.05) is 12.1 Å². The Labute approximate surface area is 120 Å². The Bertz CT molecular complexity index is 476. The molecule has 1 saturated carbocycles. The molecule has 2 nitrogen and oxygen atoms in total. The largest absolute Gasteiger partial charge is 0.310 e. The zero-order valence-electron chi connectivity index (χ0n) is 11.9. The van der Waals surface area contributed by atoms with E-state index in [1.807, 2.05) is 6.07 Å². The molecule has 20 heavy (non-hydrogen) atoms. The highest BCUT2D eigenvalue weighted by molar-refractivity contribution is 5.24. The predicted octanol–water partition coefficient (Wildman–Crippen LogP) is 2.76. The number of halogens is 1. The van der Waals surface area contributed by atoms with Gasteiger partial charge in [-0.15, -0.1) is 0 Å². The normalized spacial score (nSPS) is 39.5. The Kier molecular flexibility index (Phi) is 3.27. The molecule has 1 unspecified atom stereocenters. The number of rotatable bonds is 3. The molecule has 1 N–H and O–H groups in total. The van der Waals surface area contributed by atoms with E-state index in [2.05, 4.69) is 16.3 Å². The molecule has 1 aromatic carbocycles. The highest BCUT2D eigenvalue weighted by atomic mass is 19.1. The molecule has 0 amide bonds. The fraction of sp³-hybridized carbons (Fsp3) is 0.647. The van der Waals surface area contributed by atoms with E-state index in [-0.39, 0.29) is 5.82 Å². The first kappa shape index (κ1) is 12.8. The number of hydrogen-bond donors (Lipinski definition) is 1. The molecule has 3 heteroatoms. The Morgan fingerprint density at radius 1 is 1.15 bits per heavy atom. The van der Waals surface area contributed by atoms with Gasteiger partial charge in [0.25, 0.3) is 0 Å². The van der Waals surface area contributed by atoms with Gasteiger partial charge >= 0.3 is 0 Å². The average molecular weight is 274 g/mol. The summed E-state index contributed by atoms with van der Waals surface area (Å²) in [6, 6.07) is 8.49. The van der Waals surface area contributed by atoms with Gasteiger partial charge in [-0.2, -0.15) is 0 Å². The lowest BCUT2D eigenvalue weighted by atomic mass is 9.74. The van der Waals surface area contributed by atoms with E-state index in [9.17, 15) is 4.39 Å². The van der Waals surface area contributed by atoms with Crippen molar-refractivity contribution in [1.82, 2.24) is 10.2 Å². The number of benzene rings is 1. The maximum Gasteiger partial charge on any atom is 0.123 e. The summed E-state index contributed by atoms with van der Waals surface area (Å²) in [5.41, 5.74) is 1.18. The second kappa shape index (κ2) is 5.12. The van der Waals surface area contributed by atoms with Crippen LogP contribution in [0.5, 0.6) is 0 Å². The number of piperidine rings is 3. The first-order valence-electron chi connectivity index (χ1n) is 8.02. The molecule has 2 bridgehead atoms. The molecule has 4 fully saturated rings. The van der Waals surface area contributed by atoms with Gasteiger partial charge in [0.1, 0.15) is 5.82 Å². The van der Waals surface area contributed by atoms with Crippen molar-refractivity contribution in [3.63, 3.8) is 0 Å². The summed E-state index contributed by atoms with van der Waals surface area (Å²) in [4.78, 5) is 2.60. The lowest BCUT2D eigenvalue weighted by molar-refractivity contribution is 0.0584. The smallest absolute Gasteiger partial charge is 0.123 e. The van der Waals surface area contributed by atoms with Crippen LogP contribution < -0.4 is 5.32 Å². The first-order valence-corrected chi connectivity index (χ1v) is 8.02. The Balaban J connectivity index is 1.31. The molecule has 3 aliphatic heterocycles. The summed E-state index contributed by atoms with van der Waals surface area (Å²) in [5, 5.41) is 3.87. The van der Waals surface area contributed by atoms with Crippen molar-refractivity contribution in [1.29, 1.82) is 0 Å². The van der Waals surface area contributed by atoms with Crippen molar-refractivity contribution >= 4 is 0 Å². The number of nitrogens with zero attached hydrogens (tertiary/aromatic N) is 1. The molecule has 3 heterocycles. The molecule has 4 aliphatic rings. The van der Waals surface area contributed by atoms with Crippen LogP contribution in [0.2, 0.25) is 0 Å². The molecule has 0 aromatic heterocycles. The molecule has 0 radical (unpaired) electrons. The predicted molar refractivity (Wildman–Crippen MR) is 78.3 cm³/mol. The molecule has 1 aromatic rings. The Hall–Kier alpha value is -0.930. The van der Waals surface area contributed by atoms with Gasteiger partial charge in [-0.05, 0) is 68.3 Å². The van der Waals surface area contributed by atoms with Crippen molar-refractivity contribution in [2.45, 2.75) is 43.7 Å². The van der Waals surface area contributed by atoms with Gasteiger partial charge in [0, 0.05) is 18.6 Å². The van der Waals surface area contributed by atoms with E-state index in [1.54, 1.807) is 6.07 Å². The van der Waals surface area contributed by atoms with Gasteiger partial charge in [0.15, 0.2) is 0 Å². The topological polar surface area (TPSA) is 15.3 Å². The summed E-state index contributed by atoms with van der Waals surface area (Å²) in [5.74, 6) is 1.36. The Morgan fingerprint density at radius 2 is 1.95 bits per heavy atom. The third-order valence-corrected chi connectivity index (χ3v) is 5.56. The highest BCUT2D eigenvalue weighted by Crippen LogP contribution is 2.38. The summed E-state index contributed by atoms with van der Waals surface area (Å²) in [6.07, 6.45) is 5.09. The van der Waals surface area contributed by atoms with Gasteiger partial charge in [0.2, 0.25) is 0 Å². The van der Waals surface area contributed by atoms with E-state index < -0.39 is 0 Å². The lowest BCUT2D eigenvalue weighted by Crippen LogP contribution is -2.59. The summed E-state index contributed by atoms with van der Waals surface area (Å²) < 4.78 is 13.2. The third kappa shape index (κ3) is 2.38. The van der Waals surface area contributed by atoms with Crippen LogP contribution >= 0.6 is 0 Å². The SMILES string of the molecule is Fc1cccc(C2CC(NC3CN4CCC3CC4)C2)c1. The van der Waals surface area contributed by atoms with E-state index in [0.717, 1.165) is 5.92 Å². The zero-order chi connectivity index (χ0) is 13.5. The maximum atomic E-state index is 13.2. The van der Waals surface area contributed by atoms with Gasteiger partial charge < -0.3 is 10.2 Å². The minimum absolute atomic E-state index is 0.101. The van der Waals surface area contributed by atoms with E-state index in [1.165, 1.54) is 56.9 Å². The average Bonchev–Trinajstić information content (AvgIpc) is 2.43. The van der Waals surface area contributed by atoms with Crippen LogP contribution in [0.25, 0.3) is 0 Å². The van der Waals surface area contributed by atoms with Crippen LogP contribution in [0.15, 0.2) is 24.3 Å². The van der Waals surface area contributed by atoms with Crippen LogP contribution in [0, 0.1) is 11.7 Å². The quantitative estimate of drug-likeness (QED) is 0.912. The van der Waals surface area contributed by atoms with Crippen molar-refractivity contribution in [3.8, 4) is 0 Å². The van der Waals surface area contributed by atoms with Crippen LogP contribution in [-0.4, -0.2) is 36.6 Å². The van der Waals surface area contributed by atoms with Crippen molar-refractivity contribution < 1.29 is 4.39 Å².